The highest BCUT2D eigenvalue weighted by atomic mass is 16.5. The molecule has 0 saturated heterocycles. The minimum Gasteiger partial charge on any atom is -0.378 e. The lowest BCUT2D eigenvalue weighted by Crippen LogP contribution is -2.62. The number of hydrogen-bond donors (Lipinski definition) is 1. The molecule has 0 aromatic rings. The van der Waals surface area contributed by atoms with E-state index in [1.807, 2.05) is 0 Å². The summed E-state index contributed by atoms with van der Waals surface area (Å²) in [5.41, 5.74) is 0.301. The standard InChI is InChI=1S/C15H31NO/c1-6-9-10-12(7-2)16-13-11-14(17-8-3)15(13,4)5/h12-14,16H,6-11H2,1-5H3. The van der Waals surface area contributed by atoms with Crippen LogP contribution >= 0.6 is 0 Å². The van der Waals surface area contributed by atoms with Crippen molar-refractivity contribution in [3.05, 3.63) is 0 Å². The first kappa shape index (κ1) is 15.0. The van der Waals surface area contributed by atoms with Crippen LogP contribution in [0.2, 0.25) is 0 Å². The fourth-order valence-corrected chi connectivity index (χ4v) is 2.79. The Morgan fingerprint density at radius 3 is 2.47 bits per heavy atom. The van der Waals surface area contributed by atoms with Crippen LogP contribution in [0, 0.1) is 5.41 Å². The fourth-order valence-electron chi connectivity index (χ4n) is 2.79. The summed E-state index contributed by atoms with van der Waals surface area (Å²) in [6, 6.07) is 1.34. The zero-order valence-corrected chi connectivity index (χ0v) is 12.4. The van der Waals surface area contributed by atoms with Gasteiger partial charge in [-0.1, -0.05) is 40.5 Å². The molecule has 2 heteroatoms. The minimum atomic E-state index is 0.301. The molecule has 0 bridgehead atoms. The molecule has 0 heterocycles. The smallest absolute Gasteiger partial charge is 0.0655 e. The van der Waals surface area contributed by atoms with E-state index in [1.165, 1.54) is 32.1 Å². The largest absolute Gasteiger partial charge is 0.378 e. The van der Waals surface area contributed by atoms with Crippen molar-refractivity contribution in [1.29, 1.82) is 0 Å². The number of rotatable bonds is 8. The van der Waals surface area contributed by atoms with Crippen LogP contribution in [0.1, 0.15) is 66.7 Å². The molecule has 0 amide bonds. The van der Waals surface area contributed by atoms with Crippen LogP contribution in [0.4, 0.5) is 0 Å². The Labute approximate surface area is 108 Å². The molecule has 1 rings (SSSR count). The van der Waals surface area contributed by atoms with Gasteiger partial charge >= 0.3 is 0 Å². The Kier molecular flexibility index (Phi) is 5.94. The Bertz CT molecular complexity index is 215. The number of nitrogens with one attached hydrogen (secondary N) is 1. The van der Waals surface area contributed by atoms with Gasteiger partial charge in [0.05, 0.1) is 6.10 Å². The van der Waals surface area contributed by atoms with E-state index in [-0.39, 0.29) is 0 Å². The summed E-state index contributed by atoms with van der Waals surface area (Å²) >= 11 is 0. The second-order valence-corrected chi connectivity index (χ2v) is 5.97. The predicted molar refractivity (Wildman–Crippen MR) is 74.3 cm³/mol. The molecule has 1 fully saturated rings. The Morgan fingerprint density at radius 2 is 2.00 bits per heavy atom. The third-order valence-electron chi connectivity index (χ3n) is 4.38. The maximum absolute atomic E-state index is 5.78. The van der Waals surface area contributed by atoms with Crippen molar-refractivity contribution in [2.45, 2.75) is 84.9 Å². The summed E-state index contributed by atoms with van der Waals surface area (Å²) in [6.07, 6.45) is 6.84. The van der Waals surface area contributed by atoms with Crippen molar-refractivity contribution in [3.63, 3.8) is 0 Å². The first-order chi connectivity index (χ1) is 8.06. The molecule has 1 aliphatic rings. The molecule has 0 radical (unpaired) electrons. The molecule has 1 N–H and O–H groups in total. The van der Waals surface area contributed by atoms with Crippen LogP contribution < -0.4 is 5.32 Å². The van der Waals surface area contributed by atoms with Crippen molar-refractivity contribution in [2.24, 2.45) is 5.41 Å². The first-order valence-electron chi connectivity index (χ1n) is 7.43. The summed E-state index contributed by atoms with van der Waals surface area (Å²) in [4.78, 5) is 0. The minimum absolute atomic E-state index is 0.301. The van der Waals surface area contributed by atoms with Gasteiger partial charge in [-0.3, -0.25) is 0 Å². The zero-order valence-electron chi connectivity index (χ0n) is 12.4. The van der Waals surface area contributed by atoms with Crippen molar-refractivity contribution < 1.29 is 4.74 Å². The van der Waals surface area contributed by atoms with Gasteiger partial charge in [0.2, 0.25) is 0 Å². The maximum Gasteiger partial charge on any atom is 0.0655 e. The summed E-state index contributed by atoms with van der Waals surface area (Å²) in [5.74, 6) is 0. The maximum atomic E-state index is 5.78. The van der Waals surface area contributed by atoms with Crippen LogP contribution in [0.5, 0.6) is 0 Å². The highest BCUT2D eigenvalue weighted by Gasteiger charge is 2.48. The van der Waals surface area contributed by atoms with Gasteiger partial charge in [-0.05, 0) is 26.2 Å². The van der Waals surface area contributed by atoms with E-state index in [0.29, 0.717) is 23.6 Å². The van der Waals surface area contributed by atoms with Gasteiger partial charge in [-0.15, -0.1) is 0 Å². The Morgan fingerprint density at radius 1 is 1.29 bits per heavy atom. The number of ether oxygens (including phenoxy) is 1. The number of hydrogen-bond acceptors (Lipinski definition) is 2. The second-order valence-electron chi connectivity index (χ2n) is 5.97. The second kappa shape index (κ2) is 6.75. The van der Waals surface area contributed by atoms with Crippen LogP contribution in [0.15, 0.2) is 0 Å². The van der Waals surface area contributed by atoms with E-state index < -0.39 is 0 Å². The molecule has 3 unspecified atom stereocenters. The molecule has 1 saturated carbocycles. The molecular weight excluding hydrogens is 210 g/mol. The van der Waals surface area contributed by atoms with Gasteiger partial charge in [0.25, 0.3) is 0 Å². The van der Waals surface area contributed by atoms with E-state index in [2.05, 4.69) is 39.9 Å². The van der Waals surface area contributed by atoms with E-state index in [0.717, 1.165) is 6.61 Å². The lowest BCUT2D eigenvalue weighted by atomic mass is 9.64. The highest BCUT2D eigenvalue weighted by Crippen LogP contribution is 2.43. The van der Waals surface area contributed by atoms with Crippen molar-refractivity contribution >= 4 is 0 Å². The molecule has 3 atom stereocenters. The van der Waals surface area contributed by atoms with Gasteiger partial charge in [-0.25, -0.2) is 0 Å². The monoisotopic (exact) mass is 241 g/mol. The molecule has 17 heavy (non-hydrogen) atoms. The molecule has 0 aromatic carbocycles. The van der Waals surface area contributed by atoms with E-state index in [1.54, 1.807) is 0 Å². The van der Waals surface area contributed by atoms with Crippen LogP contribution in [-0.4, -0.2) is 24.8 Å². The van der Waals surface area contributed by atoms with Gasteiger partial charge in [0, 0.05) is 24.1 Å². The van der Waals surface area contributed by atoms with Crippen LogP contribution in [0.25, 0.3) is 0 Å². The third kappa shape index (κ3) is 3.69. The first-order valence-corrected chi connectivity index (χ1v) is 7.43. The van der Waals surface area contributed by atoms with Crippen molar-refractivity contribution in [2.75, 3.05) is 6.61 Å². The summed E-state index contributed by atoms with van der Waals surface area (Å²) < 4.78 is 5.78. The lowest BCUT2D eigenvalue weighted by Gasteiger charge is -2.53. The predicted octanol–water partition coefficient (Wildman–Crippen LogP) is 3.75. The third-order valence-corrected chi connectivity index (χ3v) is 4.38. The van der Waals surface area contributed by atoms with E-state index in [9.17, 15) is 0 Å². The SMILES string of the molecule is CCCCC(CC)NC1CC(OCC)C1(C)C. The van der Waals surface area contributed by atoms with Gasteiger partial charge in [-0.2, -0.15) is 0 Å². The van der Waals surface area contributed by atoms with E-state index in [4.69, 9.17) is 4.74 Å². The van der Waals surface area contributed by atoms with Crippen LogP contribution in [0.3, 0.4) is 0 Å². The topological polar surface area (TPSA) is 21.3 Å². The Balaban J connectivity index is 2.37. The molecule has 0 spiro atoms. The summed E-state index contributed by atoms with van der Waals surface area (Å²) in [7, 11) is 0. The molecule has 102 valence electrons. The van der Waals surface area contributed by atoms with Crippen molar-refractivity contribution in [3.8, 4) is 0 Å². The molecule has 2 nitrogen and oxygen atoms in total. The average molecular weight is 241 g/mol. The molecular formula is C15H31NO. The number of unbranched alkanes of at least 4 members (excludes halogenated alkanes) is 1. The normalized spacial score (nSPS) is 28.8. The Hall–Kier alpha value is -0.0800. The quantitative estimate of drug-likeness (QED) is 0.699. The van der Waals surface area contributed by atoms with Crippen molar-refractivity contribution in [1.82, 2.24) is 5.32 Å². The molecule has 0 aromatic heterocycles. The van der Waals surface area contributed by atoms with Gasteiger partial charge in [0.1, 0.15) is 0 Å². The zero-order chi connectivity index (χ0) is 12.9. The van der Waals surface area contributed by atoms with Gasteiger partial charge in [0.15, 0.2) is 0 Å². The lowest BCUT2D eigenvalue weighted by molar-refractivity contribution is -0.116. The van der Waals surface area contributed by atoms with E-state index >= 15 is 0 Å². The average Bonchev–Trinajstić information content (AvgIpc) is 2.32. The highest BCUT2D eigenvalue weighted by molar-refractivity contribution is 5.03. The summed E-state index contributed by atoms with van der Waals surface area (Å²) in [6.45, 7) is 12.2. The summed E-state index contributed by atoms with van der Waals surface area (Å²) in [5, 5.41) is 3.84. The fraction of sp³-hybridized carbons (Fsp3) is 1.00. The molecule has 0 aliphatic heterocycles. The molecule has 1 aliphatic carbocycles. The van der Waals surface area contributed by atoms with Gasteiger partial charge < -0.3 is 10.1 Å². The van der Waals surface area contributed by atoms with Crippen LogP contribution in [-0.2, 0) is 4.74 Å².